The van der Waals surface area contributed by atoms with Crippen molar-refractivity contribution in [3.05, 3.63) is 58.9 Å². The molecule has 2 nitrogen and oxygen atoms in total. The van der Waals surface area contributed by atoms with Crippen molar-refractivity contribution in [2.75, 3.05) is 5.32 Å². The Labute approximate surface area is 121 Å². The monoisotopic (exact) mass is 286 g/mol. The van der Waals surface area contributed by atoms with Gasteiger partial charge in [0.05, 0.1) is 16.3 Å². The number of nitrogens with one attached hydrogen (secondary N) is 1. The number of rotatable bonds is 3. The van der Waals surface area contributed by atoms with Crippen LogP contribution in [0.3, 0.4) is 0 Å². The first-order valence-electron chi connectivity index (χ1n) is 6.49. The number of fused-ring (bicyclic) bond motifs is 1. The van der Waals surface area contributed by atoms with Crippen LogP contribution in [0.2, 0.25) is 0 Å². The molecule has 0 bridgehead atoms. The number of anilines is 1. The molecule has 4 heteroatoms. The topological polar surface area (TPSA) is 24.9 Å². The van der Waals surface area contributed by atoms with Gasteiger partial charge in [0.1, 0.15) is 5.82 Å². The summed E-state index contributed by atoms with van der Waals surface area (Å²) < 4.78 is 14.4. The van der Waals surface area contributed by atoms with Crippen molar-refractivity contribution in [2.24, 2.45) is 0 Å². The first-order chi connectivity index (χ1) is 9.63. The van der Waals surface area contributed by atoms with Crippen molar-refractivity contribution in [1.82, 2.24) is 4.98 Å². The third-order valence-electron chi connectivity index (χ3n) is 3.36. The summed E-state index contributed by atoms with van der Waals surface area (Å²) in [5.74, 6) is -0.176. The van der Waals surface area contributed by atoms with Gasteiger partial charge < -0.3 is 5.32 Å². The molecule has 0 fully saturated rings. The number of hydrogen-bond donors (Lipinski definition) is 1. The highest BCUT2D eigenvalue weighted by Crippen LogP contribution is 2.25. The highest BCUT2D eigenvalue weighted by Gasteiger charge is 2.08. The fourth-order valence-corrected chi connectivity index (χ4v) is 2.96. The minimum atomic E-state index is -0.176. The highest BCUT2D eigenvalue weighted by molar-refractivity contribution is 7.17. The van der Waals surface area contributed by atoms with Gasteiger partial charge in [-0.2, -0.15) is 0 Å². The first-order valence-corrected chi connectivity index (χ1v) is 7.37. The molecule has 1 aromatic carbocycles. The summed E-state index contributed by atoms with van der Waals surface area (Å²) in [7, 11) is 0. The van der Waals surface area contributed by atoms with Crippen molar-refractivity contribution in [3.63, 3.8) is 0 Å². The van der Waals surface area contributed by atoms with Crippen molar-refractivity contribution in [2.45, 2.75) is 19.9 Å². The maximum absolute atomic E-state index is 13.3. The number of aromatic nitrogens is 1. The average molecular weight is 286 g/mol. The lowest BCUT2D eigenvalue weighted by molar-refractivity contribution is 0.618. The summed E-state index contributed by atoms with van der Waals surface area (Å²) in [6, 6.07) is 9.37. The second-order valence-electron chi connectivity index (χ2n) is 4.90. The molecule has 1 unspecified atom stereocenters. The van der Waals surface area contributed by atoms with Crippen LogP contribution in [0.1, 0.15) is 24.1 Å². The van der Waals surface area contributed by atoms with Gasteiger partial charge in [-0.3, -0.25) is 4.98 Å². The van der Waals surface area contributed by atoms with E-state index in [0.29, 0.717) is 5.56 Å². The quantitative estimate of drug-likeness (QED) is 0.739. The van der Waals surface area contributed by atoms with Crippen LogP contribution in [0.15, 0.2) is 41.9 Å². The third kappa shape index (κ3) is 2.51. The van der Waals surface area contributed by atoms with Gasteiger partial charge in [-0.05, 0) is 60.7 Å². The standard InChI is InChI=1S/C16H15FN2S/c1-10-7-13(3-4-14(10)17)19-11(2)12-8-16-15(18-9-12)5-6-20-16/h3-9,11,19H,1-2H3. The number of halogens is 1. The fraction of sp³-hybridized carbons (Fsp3) is 0.188. The average Bonchev–Trinajstić information content (AvgIpc) is 2.90. The van der Waals surface area contributed by atoms with Crippen LogP contribution in [0.25, 0.3) is 10.2 Å². The summed E-state index contributed by atoms with van der Waals surface area (Å²) >= 11 is 1.69. The Morgan fingerprint density at radius 3 is 2.90 bits per heavy atom. The molecule has 0 aliphatic heterocycles. The molecule has 0 radical (unpaired) electrons. The molecular formula is C16H15FN2S. The lowest BCUT2D eigenvalue weighted by Gasteiger charge is -2.16. The molecule has 0 aliphatic carbocycles. The SMILES string of the molecule is Cc1cc(NC(C)c2cnc3ccsc3c2)ccc1F. The maximum Gasteiger partial charge on any atom is 0.126 e. The Kier molecular flexibility index (Phi) is 3.40. The van der Waals surface area contributed by atoms with E-state index in [9.17, 15) is 4.39 Å². The minimum absolute atomic E-state index is 0.124. The van der Waals surface area contributed by atoms with Crippen LogP contribution >= 0.6 is 11.3 Å². The van der Waals surface area contributed by atoms with Crippen molar-refractivity contribution < 1.29 is 4.39 Å². The summed E-state index contributed by atoms with van der Waals surface area (Å²) in [6.07, 6.45) is 1.89. The summed E-state index contributed by atoms with van der Waals surface area (Å²) in [4.78, 5) is 4.45. The first kappa shape index (κ1) is 13.1. The normalized spacial score (nSPS) is 12.6. The molecule has 0 aliphatic rings. The van der Waals surface area contributed by atoms with E-state index >= 15 is 0 Å². The molecule has 1 N–H and O–H groups in total. The molecule has 3 aromatic rings. The number of benzene rings is 1. The van der Waals surface area contributed by atoms with Gasteiger partial charge in [-0.25, -0.2) is 4.39 Å². The van der Waals surface area contributed by atoms with Crippen LogP contribution in [-0.4, -0.2) is 4.98 Å². The molecule has 0 saturated carbocycles. The molecule has 102 valence electrons. The van der Waals surface area contributed by atoms with Crippen LogP contribution in [0, 0.1) is 12.7 Å². The second kappa shape index (κ2) is 5.21. The van der Waals surface area contributed by atoms with E-state index in [-0.39, 0.29) is 11.9 Å². The molecule has 0 spiro atoms. The largest absolute Gasteiger partial charge is 0.378 e. The predicted molar refractivity (Wildman–Crippen MR) is 82.8 cm³/mol. The van der Waals surface area contributed by atoms with E-state index in [2.05, 4.69) is 23.3 Å². The smallest absolute Gasteiger partial charge is 0.126 e. The Morgan fingerprint density at radius 1 is 1.25 bits per heavy atom. The van der Waals surface area contributed by atoms with Crippen LogP contribution in [0.4, 0.5) is 10.1 Å². The van der Waals surface area contributed by atoms with E-state index in [1.165, 1.54) is 10.8 Å². The van der Waals surface area contributed by atoms with Gasteiger partial charge in [0.15, 0.2) is 0 Å². The molecular weight excluding hydrogens is 271 g/mol. The third-order valence-corrected chi connectivity index (χ3v) is 4.22. The number of nitrogens with zero attached hydrogens (tertiary/aromatic N) is 1. The molecule has 0 amide bonds. The molecule has 2 heterocycles. The second-order valence-corrected chi connectivity index (χ2v) is 5.85. The minimum Gasteiger partial charge on any atom is -0.378 e. The zero-order valence-corrected chi connectivity index (χ0v) is 12.2. The number of pyridine rings is 1. The zero-order valence-electron chi connectivity index (χ0n) is 11.4. The van der Waals surface area contributed by atoms with Crippen molar-refractivity contribution in [3.8, 4) is 0 Å². The molecule has 0 saturated heterocycles. The number of thiophene rings is 1. The van der Waals surface area contributed by atoms with Gasteiger partial charge in [-0.1, -0.05) is 0 Å². The Hall–Kier alpha value is -1.94. The maximum atomic E-state index is 13.3. The van der Waals surface area contributed by atoms with E-state index < -0.39 is 0 Å². The van der Waals surface area contributed by atoms with E-state index in [0.717, 1.165) is 16.8 Å². The van der Waals surface area contributed by atoms with Crippen LogP contribution in [0.5, 0.6) is 0 Å². The van der Waals surface area contributed by atoms with Crippen LogP contribution in [-0.2, 0) is 0 Å². The molecule has 20 heavy (non-hydrogen) atoms. The Balaban J connectivity index is 1.84. The number of hydrogen-bond acceptors (Lipinski definition) is 3. The Bertz CT molecular complexity index is 751. The summed E-state index contributed by atoms with van der Waals surface area (Å²) in [6.45, 7) is 3.85. The zero-order chi connectivity index (χ0) is 14.1. The van der Waals surface area contributed by atoms with Gasteiger partial charge in [0.2, 0.25) is 0 Å². The van der Waals surface area contributed by atoms with Crippen molar-refractivity contribution >= 4 is 27.2 Å². The molecule has 2 aromatic heterocycles. The van der Waals surface area contributed by atoms with Gasteiger partial charge in [0.25, 0.3) is 0 Å². The lowest BCUT2D eigenvalue weighted by atomic mass is 10.1. The van der Waals surface area contributed by atoms with Gasteiger partial charge >= 0.3 is 0 Å². The molecule has 3 rings (SSSR count). The van der Waals surface area contributed by atoms with E-state index in [4.69, 9.17) is 0 Å². The summed E-state index contributed by atoms with van der Waals surface area (Å²) in [5.41, 5.74) is 3.72. The predicted octanol–water partition coefficient (Wildman–Crippen LogP) is 4.92. The van der Waals surface area contributed by atoms with E-state index in [1.807, 2.05) is 23.7 Å². The lowest BCUT2D eigenvalue weighted by Crippen LogP contribution is -2.07. The van der Waals surface area contributed by atoms with E-state index in [1.54, 1.807) is 24.3 Å². The van der Waals surface area contributed by atoms with Gasteiger partial charge in [-0.15, -0.1) is 11.3 Å². The highest BCUT2D eigenvalue weighted by atomic mass is 32.1. The number of aryl methyl sites for hydroxylation is 1. The van der Waals surface area contributed by atoms with Gasteiger partial charge in [0, 0.05) is 11.9 Å². The Morgan fingerprint density at radius 2 is 2.10 bits per heavy atom. The summed E-state index contributed by atoms with van der Waals surface area (Å²) in [5, 5.41) is 5.43. The van der Waals surface area contributed by atoms with Crippen molar-refractivity contribution in [1.29, 1.82) is 0 Å². The van der Waals surface area contributed by atoms with Crippen LogP contribution < -0.4 is 5.32 Å². The molecule has 1 atom stereocenters. The fourth-order valence-electron chi connectivity index (χ4n) is 2.17.